The number of hydrogen-bond donors (Lipinski definition) is 1. The van der Waals surface area contributed by atoms with Gasteiger partial charge in [0.2, 0.25) is 11.8 Å². The monoisotopic (exact) mass is 252 g/mol. The van der Waals surface area contributed by atoms with Crippen molar-refractivity contribution in [1.29, 1.82) is 0 Å². The van der Waals surface area contributed by atoms with Crippen LogP contribution in [0.15, 0.2) is 0 Å². The van der Waals surface area contributed by atoms with Crippen molar-refractivity contribution in [3.63, 3.8) is 0 Å². The maximum absolute atomic E-state index is 12.3. The van der Waals surface area contributed by atoms with E-state index in [1.165, 1.54) is 0 Å². The highest BCUT2D eigenvalue weighted by Crippen LogP contribution is 2.19. The van der Waals surface area contributed by atoms with Crippen LogP contribution in [-0.2, 0) is 9.59 Å². The fourth-order valence-electron chi connectivity index (χ4n) is 1.75. The molecule has 0 spiro atoms. The van der Waals surface area contributed by atoms with Gasteiger partial charge in [0.1, 0.15) is 12.6 Å². The standard InChI is InChI=1S/C10H15F3N2O2/c1-2-3-7-9(17)15(6-10(11,12)13)5-4-8(16)14-7/h7H,2-6H2,1H3,(H,14,16). The molecule has 0 saturated carbocycles. The van der Waals surface area contributed by atoms with Gasteiger partial charge in [-0.1, -0.05) is 13.3 Å². The van der Waals surface area contributed by atoms with Gasteiger partial charge in [0.25, 0.3) is 0 Å². The average molecular weight is 252 g/mol. The molecule has 7 heteroatoms. The van der Waals surface area contributed by atoms with Crippen molar-refractivity contribution in [3.05, 3.63) is 0 Å². The van der Waals surface area contributed by atoms with E-state index in [1.54, 1.807) is 6.92 Å². The maximum atomic E-state index is 12.3. The Hall–Kier alpha value is -1.27. The molecule has 1 saturated heterocycles. The number of hydrogen-bond acceptors (Lipinski definition) is 2. The molecule has 1 aliphatic heterocycles. The number of nitrogens with zero attached hydrogens (tertiary/aromatic N) is 1. The molecule has 0 aromatic rings. The second-order valence-corrected chi connectivity index (χ2v) is 4.03. The van der Waals surface area contributed by atoms with Gasteiger partial charge in [0, 0.05) is 13.0 Å². The van der Waals surface area contributed by atoms with Crippen LogP contribution < -0.4 is 5.32 Å². The molecular formula is C10H15F3N2O2. The summed E-state index contributed by atoms with van der Waals surface area (Å²) < 4.78 is 36.8. The van der Waals surface area contributed by atoms with Crippen LogP contribution in [0.3, 0.4) is 0 Å². The van der Waals surface area contributed by atoms with Crippen molar-refractivity contribution in [3.8, 4) is 0 Å². The van der Waals surface area contributed by atoms with Crippen LogP contribution in [0.2, 0.25) is 0 Å². The minimum Gasteiger partial charge on any atom is -0.344 e. The molecule has 98 valence electrons. The van der Waals surface area contributed by atoms with E-state index < -0.39 is 24.7 Å². The zero-order valence-electron chi connectivity index (χ0n) is 9.51. The van der Waals surface area contributed by atoms with Crippen molar-refractivity contribution >= 4 is 11.8 Å². The molecule has 1 rings (SSSR count). The molecule has 2 amide bonds. The zero-order chi connectivity index (χ0) is 13.1. The Morgan fingerprint density at radius 1 is 1.41 bits per heavy atom. The first-order valence-electron chi connectivity index (χ1n) is 5.48. The average Bonchev–Trinajstić information content (AvgIpc) is 2.31. The molecule has 4 nitrogen and oxygen atoms in total. The molecule has 1 N–H and O–H groups in total. The zero-order valence-corrected chi connectivity index (χ0v) is 9.51. The van der Waals surface area contributed by atoms with Crippen LogP contribution in [0.5, 0.6) is 0 Å². The van der Waals surface area contributed by atoms with Crippen LogP contribution in [-0.4, -0.2) is 42.0 Å². The highest BCUT2D eigenvalue weighted by Gasteiger charge is 2.37. The van der Waals surface area contributed by atoms with Crippen molar-refractivity contribution in [1.82, 2.24) is 10.2 Å². The van der Waals surface area contributed by atoms with E-state index in [0.29, 0.717) is 17.7 Å². The van der Waals surface area contributed by atoms with E-state index in [1.807, 2.05) is 0 Å². The number of alkyl halides is 3. The van der Waals surface area contributed by atoms with Gasteiger partial charge in [-0.25, -0.2) is 0 Å². The smallest absolute Gasteiger partial charge is 0.344 e. The predicted octanol–water partition coefficient (Wildman–Crippen LogP) is 1.07. The lowest BCUT2D eigenvalue weighted by molar-refractivity contribution is -0.161. The molecule has 0 bridgehead atoms. The third kappa shape index (κ3) is 4.24. The Balaban J connectivity index is 2.76. The SMILES string of the molecule is CCCC1NC(=O)CCN(CC(F)(F)F)C1=O. The summed E-state index contributed by atoms with van der Waals surface area (Å²) in [7, 11) is 0. The molecule has 0 aromatic heterocycles. The lowest BCUT2D eigenvalue weighted by Gasteiger charge is -2.24. The van der Waals surface area contributed by atoms with Gasteiger partial charge in [0.05, 0.1) is 0 Å². The van der Waals surface area contributed by atoms with Gasteiger partial charge in [-0.15, -0.1) is 0 Å². The summed E-state index contributed by atoms with van der Waals surface area (Å²) in [6.07, 6.45) is -3.53. The molecular weight excluding hydrogens is 237 g/mol. The van der Waals surface area contributed by atoms with Crippen molar-refractivity contribution in [2.75, 3.05) is 13.1 Å². The van der Waals surface area contributed by atoms with E-state index in [4.69, 9.17) is 0 Å². The van der Waals surface area contributed by atoms with Gasteiger partial charge < -0.3 is 10.2 Å². The van der Waals surface area contributed by atoms with Crippen LogP contribution in [0.1, 0.15) is 26.2 Å². The number of carbonyl (C=O) groups is 2. The Kier molecular flexibility index (Phi) is 4.36. The van der Waals surface area contributed by atoms with Gasteiger partial charge in [-0.2, -0.15) is 13.2 Å². The maximum Gasteiger partial charge on any atom is 0.406 e. The first-order chi connectivity index (χ1) is 7.83. The van der Waals surface area contributed by atoms with E-state index in [2.05, 4.69) is 5.32 Å². The summed E-state index contributed by atoms with van der Waals surface area (Å²) in [5, 5.41) is 2.45. The fourth-order valence-corrected chi connectivity index (χ4v) is 1.75. The second-order valence-electron chi connectivity index (χ2n) is 4.03. The number of carbonyl (C=O) groups excluding carboxylic acids is 2. The molecule has 1 heterocycles. The van der Waals surface area contributed by atoms with E-state index in [-0.39, 0.29) is 18.9 Å². The number of nitrogens with one attached hydrogen (secondary N) is 1. The summed E-state index contributed by atoms with van der Waals surface area (Å²) in [6.45, 7) is 0.337. The molecule has 0 aromatic carbocycles. The van der Waals surface area contributed by atoms with E-state index in [9.17, 15) is 22.8 Å². The third-order valence-corrected chi connectivity index (χ3v) is 2.50. The summed E-state index contributed by atoms with van der Waals surface area (Å²) in [4.78, 5) is 23.7. The van der Waals surface area contributed by atoms with Crippen molar-refractivity contribution < 1.29 is 22.8 Å². The number of amides is 2. The molecule has 17 heavy (non-hydrogen) atoms. The number of rotatable bonds is 3. The molecule has 1 atom stereocenters. The summed E-state index contributed by atoms with van der Waals surface area (Å²) >= 11 is 0. The quantitative estimate of drug-likeness (QED) is 0.816. The number of halogens is 3. The normalized spacial score (nSPS) is 22.4. The largest absolute Gasteiger partial charge is 0.406 e. The van der Waals surface area contributed by atoms with Crippen LogP contribution in [0.4, 0.5) is 13.2 Å². The van der Waals surface area contributed by atoms with Crippen molar-refractivity contribution in [2.24, 2.45) is 0 Å². The lowest BCUT2D eigenvalue weighted by Crippen LogP contribution is -2.47. The van der Waals surface area contributed by atoms with Crippen LogP contribution in [0.25, 0.3) is 0 Å². The van der Waals surface area contributed by atoms with Gasteiger partial charge in [-0.05, 0) is 6.42 Å². The summed E-state index contributed by atoms with van der Waals surface area (Å²) in [5.74, 6) is -1.02. The van der Waals surface area contributed by atoms with E-state index in [0.717, 1.165) is 0 Å². The van der Waals surface area contributed by atoms with Gasteiger partial charge in [-0.3, -0.25) is 9.59 Å². The lowest BCUT2D eigenvalue weighted by atomic mass is 10.1. The Morgan fingerprint density at radius 3 is 2.59 bits per heavy atom. The Morgan fingerprint density at radius 2 is 2.06 bits per heavy atom. The molecule has 0 aliphatic carbocycles. The fraction of sp³-hybridized carbons (Fsp3) is 0.800. The first kappa shape index (κ1) is 13.8. The molecule has 1 fully saturated rings. The third-order valence-electron chi connectivity index (χ3n) is 2.50. The molecule has 1 aliphatic rings. The van der Waals surface area contributed by atoms with Crippen LogP contribution in [0, 0.1) is 0 Å². The minimum atomic E-state index is -4.43. The summed E-state index contributed by atoms with van der Waals surface area (Å²) in [6, 6.07) is -0.822. The van der Waals surface area contributed by atoms with Gasteiger partial charge in [0.15, 0.2) is 0 Å². The topological polar surface area (TPSA) is 49.4 Å². The van der Waals surface area contributed by atoms with Gasteiger partial charge >= 0.3 is 6.18 Å². The molecule has 1 unspecified atom stereocenters. The second kappa shape index (κ2) is 5.37. The van der Waals surface area contributed by atoms with Crippen molar-refractivity contribution in [2.45, 2.75) is 38.4 Å². The molecule has 0 radical (unpaired) electrons. The highest BCUT2D eigenvalue weighted by atomic mass is 19.4. The Bertz CT molecular complexity index is 304. The van der Waals surface area contributed by atoms with Crippen LogP contribution >= 0.6 is 0 Å². The predicted molar refractivity (Wildman–Crippen MR) is 54.1 cm³/mol. The minimum absolute atomic E-state index is 0.0813. The first-order valence-corrected chi connectivity index (χ1v) is 5.48. The van der Waals surface area contributed by atoms with E-state index >= 15 is 0 Å². The Labute approximate surface area is 97.1 Å². The summed E-state index contributed by atoms with van der Waals surface area (Å²) in [5.41, 5.74) is 0. The highest BCUT2D eigenvalue weighted by molar-refractivity contribution is 5.89.